The summed E-state index contributed by atoms with van der Waals surface area (Å²) >= 11 is 0. The first-order valence-corrected chi connectivity index (χ1v) is 11.6. The highest BCUT2D eigenvalue weighted by molar-refractivity contribution is 6.10. The van der Waals surface area contributed by atoms with Crippen molar-refractivity contribution in [2.75, 3.05) is 27.2 Å². The molecule has 0 bridgehead atoms. The second kappa shape index (κ2) is 9.43. The van der Waals surface area contributed by atoms with E-state index in [0.717, 1.165) is 42.6 Å². The maximum absolute atomic E-state index is 13.9. The molecular weight excluding hydrogens is 416 g/mol. The molecule has 33 heavy (non-hydrogen) atoms. The quantitative estimate of drug-likeness (QED) is 0.635. The number of carbonyl (C=O) groups excluding carboxylic acids is 3. The Bertz CT molecular complexity index is 1030. The highest BCUT2D eigenvalue weighted by atomic mass is 16.2. The number of benzene rings is 1. The Morgan fingerprint density at radius 2 is 1.79 bits per heavy atom. The van der Waals surface area contributed by atoms with Gasteiger partial charge in [0.15, 0.2) is 0 Å². The van der Waals surface area contributed by atoms with E-state index in [4.69, 9.17) is 0 Å². The van der Waals surface area contributed by atoms with Crippen molar-refractivity contribution in [3.8, 4) is 0 Å². The number of nitrogens with zero attached hydrogens (tertiary/aromatic N) is 4. The van der Waals surface area contributed by atoms with Crippen LogP contribution < -0.4 is 0 Å². The largest absolute Gasteiger partial charge is 0.343 e. The summed E-state index contributed by atoms with van der Waals surface area (Å²) in [7, 11) is 3.92. The van der Waals surface area contributed by atoms with E-state index in [9.17, 15) is 14.4 Å². The minimum absolute atomic E-state index is 0.00187. The maximum atomic E-state index is 13.9. The number of amides is 3. The van der Waals surface area contributed by atoms with Crippen LogP contribution in [0.15, 0.2) is 48.8 Å². The predicted octanol–water partition coefficient (Wildman–Crippen LogP) is 2.53. The minimum atomic E-state index is -1.17. The molecule has 174 valence electrons. The fourth-order valence-electron chi connectivity index (χ4n) is 5.15. The lowest BCUT2D eigenvalue weighted by Gasteiger charge is -2.37. The van der Waals surface area contributed by atoms with Crippen molar-refractivity contribution in [3.05, 3.63) is 65.5 Å². The topological polar surface area (TPSA) is 73.8 Å². The molecule has 0 radical (unpaired) electrons. The molecule has 0 unspecified atom stereocenters. The number of pyridine rings is 1. The Balaban J connectivity index is 1.64. The molecule has 7 nitrogen and oxygen atoms in total. The molecule has 1 aromatic carbocycles. The number of rotatable bonds is 6. The first-order valence-electron chi connectivity index (χ1n) is 11.6. The van der Waals surface area contributed by atoms with Crippen LogP contribution in [0.4, 0.5) is 0 Å². The Kier molecular flexibility index (Phi) is 6.61. The summed E-state index contributed by atoms with van der Waals surface area (Å²) in [5.41, 5.74) is 1.35. The van der Waals surface area contributed by atoms with Gasteiger partial charge in [0.2, 0.25) is 17.7 Å². The summed E-state index contributed by atoms with van der Waals surface area (Å²) in [5, 5.41) is 0. The molecule has 7 heteroatoms. The summed E-state index contributed by atoms with van der Waals surface area (Å²) in [6.45, 7) is 4.02. The van der Waals surface area contributed by atoms with E-state index in [0.29, 0.717) is 0 Å². The standard InChI is InChI=1S/C26H32N4O3/c1-19-6-4-5-7-22(19)26(16-23(31)29(3)21-10-14-28(2)15-11-21)17-24(32)30(25(26)33)18-20-8-12-27-13-9-20/h4-9,12-13,21H,10-11,14-18H2,1-3H3/t26-/m1/s1. The molecule has 0 aliphatic carbocycles. The Morgan fingerprint density at radius 1 is 1.12 bits per heavy atom. The van der Waals surface area contributed by atoms with Gasteiger partial charge >= 0.3 is 0 Å². The molecule has 4 rings (SSSR count). The summed E-state index contributed by atoms with van der Waals surface area (Å²) in [4.78, 5) is 49.9. The van der Waals surface area contributed by atoms with Crippen molar-refractivity contribution < 1.29 is 14.4 Å². The van der Waals surface area contributed by atoms with E-state index in [1.807, 2.05) is 38.2 Å². The van der Waals surface area contributed by atoms with Crippen LogP contribution in [-0.4, -0.2) is 70.6 Å². The van der Waals surface area contributed by atoms with Gasteiger partial charge in [-0.1, -0.05) is 24.3 Å². The van der Waals surface area contributed by atoms with Crippen molar-refractivity contribution in [2.24, 2.45) is 0 Å². The van der Waals surface area contributed by atoms with Crippen LogP contribution in [-0.2, 0) is 26.3 Å². The molecule has 2 aliphatic rings. The lowest BCUT2D eigenvalue weighted by atomic mass is 9.73. The highest BCUT2D eigenvalue weighted by Gasteiger charge is 2.54. The Morgan fingerprint density at radius 3 is 2.45 bits per heavy atom. The predicted molar refractivity (Wildman–Crippen MR) is 125 cm³/mol. The second-order valence-corrected chi connectivity index (χ2v) is 9.43. The van der Waals surface area contributed by atoms with Gasteiger partial charge in [0.1, 0.15) is 0 Å². The van der Waals surface area contributed by atoms with Crippen molar-refractivity contribution in [2.45, 2.75) is 50.6 Å². The average molecular weight is 449 g/mol. The summed E-state index contributed by atoms with van der Waals surface area (Å²) in [5.74, 6) is -0.613. The van der Waals surface area contributed by atoms with Crippen LogP contribution in [0.5, 0.6) is 0 Å². The van der Waals surface area contributed by atoms with Crippen LogP contribution >= 0.6 is 0 Å². The molecule has 2 aliphatic heterocycles. The van der Waals surface area contributed by atoms with E-state index in [2.05, 4.69) is 16.9 Å². The third kappa shape index (κ3) is 4.55. The van der Waals surface area contributed by atoms with Crippen molar-refractivity contribution in [1.82, 2.24) is 19.7 Å². The summed E-state index contributed by atoms with van der Waals surface area (Å²) in [6, 6.07) is 11.4. The summed E-state index contributed by atoms with van der Waals surface area (Å²) < 4.78 is 0. The van der Waals surface area contributed by atoms with E-state index < -0.39 is 5.41 Å². The van der Waals surface area contributed by atoms with Crippen molar-refractivity contribution in [3.63, 3.8) is 0 Å². The lowest BCUT2D eigenvalue weighted by molar-refractivity contribution is -0.143. The number of hydrogen-bond acceptors (Lipinski definition) is 5. The van der Waals surface area contributed by atoms with E-state index in [1.165, 1.54) is 4.90 Å². The second-order valence-electron chi connectivity index (χ2n) is 9.43. The SMILES string of the molecule is Cc1ccccc1[C@@]1(CC(=O)N(C)C2CCN(C)CC2)CC(=O)N(Cc2ccncc2)C1=O. The molecule has 2 aromatic rings. The Labute approximate surface area is 195 Å². The first-order chi connectivity index (χ1) is 15.8. The summed E-state index contributed by atoms with van der Waals surface area (Å²) in [6.07, 6.45) is 5.13. The molecule has 3 heterocycles. The van der Waals surface area contributed by atoms with Gasteiger partial charge in [-0.05, 0) is 68.7 Å². The third-order valence-electron chi connectivity index (χ3n) is 7.24. The number of aryl methyl sites for hydroxylation is 1. The van der Waals surface area contributed by atoms with Gasteiger partial charge in [0.05, 0.1) is 12.0 Å². The fraction of sp³-hybridized carbons (Fsp3) is 0.462. The zero-order valence-electron chi connectivity index (χ0n) is 19.7. The van der Waals surface area contributed by atoms with Gasteiger partial charge in [-0.15, -0.1) is 0 Å². The number of piperidine rings is 1. The lowest BCUT2D eigenvalue weighted by Crippen LogP contribution is -2.48. The zero-order valence-corrected chi connectivity index (χ0v) is 19.7. The van der Waals surface area contributed by atoms with Gasteiger partial charge < -0.3 is 9.80 Å². The molecule has 2 saturated heterocycles. The van der Waals surface area contributed by atoms with Crippen molar-refractivity contribution >= 4 is 17.7 Å². The minimum Gasteiger partial charge on any atom is -0.343 e. The monoisotopic (exact) mass is 448 g/mol. The first kappa shape index (κ1) is 23.1. The van der Waals surface area contributed by atoms with Crippen LogP contribution in [0.2, 0.25) is 0 Å². The molecule has 1 aromatic heterocycles. The van der Waals surface area contributed by atoms with Gasteiger partial charge in [-0.25, -0.2) is 0 Å². The molecule has 0 N–H and O–H groups in total. The molecular formula is C26H32N4O3. The van der Waals surface area contributed by atoms with E-state index in [-0.39, 0.29) is 43.1 Å². The van der Waals surface area contributed by atoms with Crippen LogP contribution in [0.25, 0.3) is 0 Å². The smallest absolute Gasteiger partial charge is 0.241 e. The maximum Gasteiger partial charge on any atom is 0.241 e. The van der Waals surface area contributed by atoms with Crippen LogP contribution in [0.1, 0.15) is 42.4 Å². The highest BCUT2D eigenvalue weighted by Crippen LogP contribution is 2.42. The molecule has 2 fully saturated rings. The van der Waals surface area contributed by atoms with Crippen LogP contribution in [0.3, 0.4) is 0 Å². The third-order valence-corrected chi connectivity index (χ3v) is 7.24. The molecule has 1 atom stereocenters. The van der Waals surface area contributed by atoms with Gasteiger partial charge in [-0.2, -0.15) is 0 Å². The fourth-order valence-corrected chi connectivity index (χ4v) is 5.15. The number of imide groups is 1. The molecule has 3 amide bonds. The molecule has 0 spiro atoms. The Hall–Kier alpha value is -3.06. The van der Waals surface area contributed by atoms with Gasteiger partial charge in [-0.3, -0.25) is 24.3 Å². The molecule has 0 saturated carbocycles. The number of aromatic nitrogens is 1. The number of hydrogen-bond donors (Lipinski definition) is 0. The van der Waals surface area contributed by atoms with Gasteiger partial charge in [0, 0.05) is 38.3 Å². The zero-order chi connectivity index (χ0) is 23.6. The van der Waals surface area contributed by atoms with Crippen LogP contribution in [0, 0.1) is 6.92 Å². The normalized spacial score (nSPS) is 22.1. The van der Waals surface area contributed by atoms with Gasteiger partial charge in [0.25, 0.3) is 0 Å². The van der Waals surface area contributed by atoms with Crippen molar-refractivity contribution in [1.29, 1.82) is 0 Å². The van der Waals surface area contributed by atoms with E-state index >= 15 is 0 Å². The average Bonchev–Trinajstić information content (AvgIpc) is 3.04. The number of carbonyl (C=O) groups is 3. The van der Waals surface area contributed by atoms with E-state index in [1.54, 1.807) is 29.4 Å². The number of likely N-dealkylation sites (tertiary alicyclic amines) is 2.